The van der Waals surface area contributed by atoms with Crippen molar-refractivity contribution in [3.05, 3.63) is 24.0 Å². The maximum Gasteiger partial charge on any atom is 0.228 e. The number of hydrogen-bond donors (Lipinski definition) is 1. The van der Waals surface area contributed by atoms with Gasteiger partial charge in [-0.2, -0.15) is 0 Å². The highest BCUT2D eigenvalue weighted by Gasteiger charge is 2.26. The van der Waals surface area contributed by atoms with Crippen LogP contribution in [-0.2, 0) is 21.2 Å². The average molecular weight is 313 g/mol. The predicted molar refractivity (Wildman–Crippen MR) is 81.3 cm³/mol. The van der Waals surface area contributed by atoms with Gasteiger partial charge in [0.25, 0.3) is 0 Å². The van der Waals surface area contributed by atoms with E-state index in [1.165, 1.54) is 4.31 Å². The summed E-state index contributed by atoms with van der Waals surface area (Å²) in [5.41, 5.74) is 0.889. The highest BCUT2D eigenvalue weighted by atomic mass is 32.2. The summed E-state index contributed by atoms with van der Waals surface area (Å²) in [5.74, 6) is 0.232. The minimum absolute atomic E-state index is 0.0483. The van der Waals surface area contributed by atoms with Crippen molar-refractivity contribution in [1.82, 2.24) is 14.2 Å². The van der Waals surface area contributed by atoms with Crippen LogP contribution >= 0.6 is 0 Å². The zero-order valence-electron chi connectivity index (χ0n) is 12.4. The molecule has 0 unspecified atom stereocenters. The Labute approximate surface area is 126 Å². The van der Waals surface area contributed by atoms with Crippen LogP contribution in [0.1, 0.15) is 25.5 Å². The van der Waals surface area contributed by atoms with Crippen molar-refractivity contribution in [2.75, 3.05) is 31.9 Å². The minimum Gasteiger partial charge on any atom is -0.365 e. The zero-order valence-corrected chi connectivity index (χ0v) is 13.2. The molecule has 0 atom stereocenters. The fourth-order valence-corrected chi connectivity index (χ4v) is 4.10. The maximum absolute atomic E-state index is 12.2. The van der Waals surface area contributed by atoms with E-state index in [0.29, 0.717) is 45.4 Å². The molecule has 2 heterocycles. The second-order valence-electron chi connectivity index (χ2n) is 5.32. The van der Waals surface area contributed by atoms with Gasteiger partial charge in [0.15, 0.2) is 0 Å². The summed E-state index contributed by atoms with van der Waals surface area (Å²) in [6.45, 7) is 3.87. The first-order valence-corrected chi connectivity index (χ1v) is 9.01. The molecule has 1 aromatic rings. The maximum atomic E-state index is 12.2. The Morgan fingerprint density at radius 1 is 1.29 bits per heavy atom. The molecule has 2 rings (SSSR count). The van der Waals surface area contributed by atoms with Gasteiger partial charge in [0.1, 0.15) is 0 Å². The number of aromatic nitrogens is 1. The van der Waals surface area contributed by atoms with Gasteiger partial charge in [0.2, 0.25) is 15.9 Å². The van der Waals surface area contributed by atoms with Gasteiger partial charge in [0, 0.05) is 38.1 Å². The Kier molecular flexibility index (Phi) is 5.41. The molecule has 1 aromatic heterocycles. The molecule has 0 aromatic carbocycles. The molecular weight excluding hydrogens is 290 g/mol. The summed E-state index contributed by atoms with van der Waals surface area (Å²) >= 11 is 0. The SMILES string of the molecule is CCCS(=O)(=O)N1CCCN(C(=O)Cc2ccc[nH]2)CC1. The second-order valence-corrected chi connectivity index (χ2v) is 7.41. The number of rotatable bonds is 5. The van der Waals surface area contributed by atoms with Crippen LogP contribution in [0.5, 0.6) is 0 Å². The first kappa shape index (κ1) is 16.0. The van der Waals surface area contributed by atoms with Crippen LogP contribution in [0.25, 0.3) is 0 Å². The Bertz CT molecular complexity index is 554. The van der Waals surface area contributed by atoms with E-state index in [9.17, 15) is 13.2 Å². The number of aromatic amines is 1. The zero-order chi connectivity index (χ0) is 15.3. The highest BCUT2D eigenvalue weighted by Crippen LogP contribution is 2.11. The van der Waals surface area contributed by atoms with Crippen molar-refractivity contribution in [2.45, 2.75) is 26.2 Å². The number of hydrogen-bond acceptors (Lipinski definition) is 3. The van der Waals surface area contributed by atoms with Gasteiger partial charge >= 0.3 is 0 Å². The molecule has 0 radical (unpaired) electrons. The summed E-state index contributed by atoms with van der Waals surface area (Å²) in [4.78, 5) is 17.0. The van der Waals surface area contributed by atoms with Crippen molar-refractivity contribution >= 4 is 15.9 Å². The van der Waals surface area contributed by atoms with Crippen LogP contribution < -0.4 is 0 Å². The largest absolute Gasteiger partial charge is 0.365 e. The van der Waals surface area contributed by atoms with E-state index < -0.39 is 10.0 Å². The van der Waals surface area contributed by atoms with Gasteiger partial charge in [-0.25, -0.2) is 12.7 Å². The molecule has 1 N–H and O–H groups in total. The van der Waals surface area contributed by atoms with Crippen molar-refractivity contribution in [3.63, 3.8) is 0 Å². The van der Waals surface area contributed by atoms with Gasteiger partial charge < -0.3 is 9.88 Å². The van der Waals surface area contributed by atoms with Crippen LogP contribution in [-0.4, -0.2) is 60.4 Å². The molecule has 1 amide bonds. The van der Waals surface area contributed by atoms with E-state index in [1.54, 1.807) is 11.1 Å². The lowest BCUT2D eigenvalue weighted by Crippen LogP contribution is -2.38. The lowest BCUT2D eigenvalue weighted by atomic mass is 10.2. The fraction of sp³-hybridized carbons (Fsp3) is 0.643. The average Bonchev–Trinajstić information content (AvgIpc) is 2.79. The minimum atomic E-state index is -3.17. The molecule has 1 aliphatic heterocycles. The van der Waals surface area contributed by atoms with E-state index in [2.05, 4.69) is 4.98 Å². The smallest absolute Gasteiger partial charge is 0.228 e. The van der Waals surface area contributed by atoms with Gasteiger partial charge in [0.05, 0.1) is 12.2 Å². The molecule has 7 heteroatoms. The second kappa shape index (κ2) is 7.09. The normalized spacial score (nSPS) is 17.7. The molecule has 1 saturated heterocycles. The van der Waals surface area contributed by atoms with Gasteiger partial charge in [-0.3, -0.25) is 4.79 Å². The number of sulfonamides is 1. The van der Waals surface area contributed by atoms with E-state index >= 15 is 0 Å². The third-order valence-corrected chi connectivity index (χ3v) is 5.74. The lowest BCUT2D eigenvalue weighted by molar-refractivity contribution is -0.130. The van der Waals surface area contributed by atoms with Gasteiger partial charge in [-0.15, -0.1) is 0 Å². The Balaban J connectivity index is 1.93. The molecular formula is C14H23N3O3S. The van der Waals surface area contributed by atoms with Crippen molar-refractivity contribution in [2.24, 2.45) is 0 Å². The molecule has 6 nitrogen and oxygen atoms in total. The van der Waals surface area contributed by atoms with Crippen LogP contribution in [0.2, 0.25) is 0 Å². The first-order chi connectivity index (χ1) is 10.0. The van der Waals surface area contributed by atoms with E-state index in [-0.39, 0.29) is 11.7 Å². The highest BCUT2D eigenvalue weighted by molar-refractivity contribution is 7.89. The molecule has 0 aliphatic carbocycles. The molecule has 1 aliphatic rings. The quantitative estimate of drug-likeness (QED) is 0.875. The van der Waals surface area contributed by atoms with E-state index in [4.69, 9.17) is 0 Å². The Hall–Kier alpha value is -1.34. The molecule has 0 spiro atoms. The summed E-state index contributed by atoms with van der Waals surface area (Å²) < 4.78 is 25.7. The Morgan fingerprint density at radius 3 is 2.76 bits per heavy atom. The van der Waals surface area contributed by atoms with Crippen LogP contribution in [0.3, 0.4) is 0 Å². The summed E-state index contributed by atoms with van der Waals surface area (Å²) in [6.07, 6.45) is 3.45. The number of amides is 1. The lowest BCUT2D eigenvalue weighted by Gasteiger charge is -2.21. The van der Waals surface area contributed by atoms with Crippen molar-refractivity contribution in [1.29, 1.82) is 0 Å². The van der Waals surface area contributed by atoms with E-state index in [0.717, 1.165) is 5.69 Å². The molecule has 21 heavy (non-hydrogen) atoms. The third kappa shape index (κ3) is 4.31. The molecule has 0 bridgehead atoms. The van der Waals surface area contributed by atoms with Crippen LogP contribution in [0.15, 0.2) is 18.3 Å². The number of carbonyl (C=O) groups excluding carboxylic acids is 1. The van der Waals surface area contributed by atoms with Crippen molar-refractivity contribution < 1.29 is 13.2 Å². The molecule has 118 valence electrons. The first-order valence-electron chi connectivity index (χ1n) is 7.41. The topological polar surface area (TPSA) is 73.5 Å². The summed E-state index contributed by atoms with van der Waals surface area (Å²) in [6, 6.07) is 3.75. The van der Waals surface area contributed by atoms with Gasteiger partial charge in [-0.1, -0.05) is 6.92 Å². The number of carbonyl (C=O) groups is 1. The molecule has 0 saturated carbocycles. The summed E-state index contributed by atoms with van der Waals surface area (Å²) in [5, 5.41) is 0. The number of H-pyrrole nitrogens is 1. The Morgan fingerprint density at radius 2 is 2.10 bits per heavy atom. The number of nitrogens with zero attached hydrogens (tertiary/aromatic N) is 2. The monoisotopic (exact) mass is 313 g/mol. The predicted octanol–water partition coefficient (Wildman–Crippen LogP) is 0.831. The van der Waals surface area contributed by atoms with E-state index in [1.807, 2.05) is 19.1 Å². The van der Waals surface area contributed by atoms with Crippen LogP contribution in [0.4, 0.5) is 0 Å². The fourth-order valence-electron chi connectivity index (χ4n) is 2.56. The summed E-state index contributed by atoms with van der Waals surface area (Å²) in [7, 11) is -3.17. The van der Waals surface area contributed by atoms with Crippen molar-refractivity contribution in [3.8, 4) is 0 Å². The standard InChI is InChI=1S/C14H23N3O3S/c1-2-11-21(19,20)17-8-4-7-16(9-10-17)14(18)12-13-5-3-6-15-13/h3,5-6,15H,2,4,7-12H2,1H3. The van der Waals surface area contributed by atoms with Gasteiger partial charge in [-0.05, 0) is 25.0 Å². The van der Waals surface area contributed by atoms with Crippen LogP contribution in [0, 0.1) is 0 Å². The number of nitrogens with one attached hydrogen (secondary N) is 1. The third-order valence-electron chi connectivity index (χ3n) is 3.67. The molecule has 1 fully saturated rings.